The van der Waals surface area contributed by atoms with E-state index in [2.05, 4.69) is 15.4 Å². The largest absolute Gasteiger partial charge is 0.319 e. The van der Waals surface area contributed by atoms with Crippen LogP contribution in [0.5, 0.6) is 0 Å². The zero-order chi connectivity index (χ0) is 22.1. The monoisotopic (exact) mass is 470 g/mol. The van der Waals surface area contributed by atoms with Crippen molar-refractivity contribution in [2.75, 3.05) is 5.32 Å². The van der Waals surface area contributed by atoms with Gasteiger partial charge in [0.2, 0.25) is 5.82 Å². The molecule has 1 amide bonds. The van der Waals surface area contributed by atoms with Gasteiger partial charge in [-0.1, -0.05) is 46.9 Å². The van der Waals surface area contributed by atoms with Gasteiger partial charge in [0.15, 0.2) is 5.82 Å². The molecule has 0 unspecified atom stereocenters. The first-order chi connectivity index (χ1) is 14.8. The fourth-order valence-corrected chi connectivity index (χ4v) is 3.56. The van der Waals surface area contributed by atoms with Gasteiger partial charge in [-0.25, -0.2) is 9.67 Å². The maximum absolute atomic E-state index is 13.0. The number of carbonyl (C=O) groups excluding carboxylic acids is 1. The normalized spacial score (nSPS) is 10.9. The van der Waals surface area contributed by atoms with E-state index in [0.29, 0.717) is 26.6 Å². The van der Waals surface area contributed by atoms with Gasteiger partial charge in [0.25, 0.3) is 5.91 Å². The summed E-state index contributed by atoms with van der Waals surface area (Å²) in [6, 6.07) is 18.0. The molecule has 0 spiro atoms. The van der Waals surface area contributed by atoms with Crippen LogP contribution >= 0.6 is 34.8 Å². The van der Waals surface area contributed by atoms with Gasteiger partial charge >= 0.3 is 0 Å². The minimum Gasteiger partial charge on any atom is -0.319 e. The average molecular weight is 472 g/mol. The molecule has 0 aliphatic carbocycles. The summed E-state index contributed by atoms with van der Waals surface area (Å²) >= 11 is 18.4. The number of amides is 1. The number of hydrogen-bond donors (Lipinski definition) is 1. The van der Waals surface area contributed by atoms with Crippen molar-refractivity contribution < 1.29 is 4.79 Å². The second kappa shape index (κ2) is 8.71. The number of nitrogens with one attached hydrogen (secondary N) is 1. The lowest BCUT2D eigenvalue weighted by atomic mass is 10.2. The van der Waals surface area contributed by atoms with Crippen LogP contribution in [0.15, 0.2) is 60.7 Å². The van der Waals surface area contributed by atoms with Crippen LogP contribution in [0.25, 0.3) is 17.1 Å². The van der Waals surface area contributed by atoms with Crippen LogP contribution in [-0.2, 0) is 0 Å². The van der Waals surface area contributed by atoms with Crippen molar-refractivity contribution >= 4 is 46.4 Å². The molecule has 0 aliphatic heterocycles. The first kappa shape index (κ1) is 21.4. The van der Waals surface area contributed by atoms with E-state index in [0.717, 1.165) is 22.4 Å². The Labute approximate surface area is 194 Å². The molecular formula is C23H17Cl3N4O. The van der Waals surface area contributed by atoms with Gasteiger partial charge in [0.1, 0.15) is 0 Å². The predicted octanol–water partition coefficient (Wildman–Crippen LogP) is 6.76. The van der Waals surface area contributed by atoms with Crippen molar-refractivity contribution in [3.8, 4) is 17.1 Å². The zero-order valence-corrected chi connectivity index (χ0v) is 18.9. The zero-order valence-electron chi connectivity index (χ0n) is 16.7. The van der Waals surface area contributed by atoms with E-state index < -0.39 is 5.91 Å². The molecule has 8 heteroatoms. The minimum absolute atomic E-state index is 0.0173. The fourth-order valence-electron chi connectivity index (χ4n) is 3.09. The van der Waals surface area contributed by atoms with Crippen molar-refractivity contribution in [3.05, 3.63) is 92.7 Å². The molecule has 0 saturated heterocycles. The van der Waals surface area contributed by atoms with Crippen molar-refractivity contribution in [2.24, 2.45) is 0 Å². The highest BCUT2D eigenvalue weighted by Crippen LogP contribution is 2.27. The highest BCUT2D eigenvalue weighted by molar-refractivity contribution is 6.32. The molecule has 0 aliphatic rings. The first-order valence-electron chi connectivity index (χ1n) is 9.39. The summed E-state index contributed by atoms with van der Waals surface area (Å²) in [5.41, 5.74) is 3.78. The van der Waals surface area contributed by atoms with Crippen molar-refractivity contribution in [1.29, 1.82) is 0 Å². The van der Waals surface area contributed by atoms with Crippen LogP contribution in [0.1, 0.15) is 21.7 Å². The number of rotatable bonds is 4. The van der Waals surface area contributed by atoms with Crippen molar-refractivity contribution in [2.45, 2.75) is 13.8 Å². The Morgan fingerprint density at radius 1 is 0.935 bits per heavy atom. The molecule has 0 atom stereocenters. The van der Waals surface area contributed by atoms with Gasteiger partial charge < -0.3 is 5.32 Å². The van der Waals surface area contributed by atoms with E-state index in [-0.39, 0.29) is 5.82 Å². The molecule has 1 heterocycles. The molecule has 4 rings (SSSR count). The second-order valence-electron chi connectivity index (χ2n) is 6.98. The number of anilines is 1. The first-order valence-corrected chi connectivity index (χ1v) is 10.5. The Morgan fingerprint density at radius 2 is 1.65 bits per heavy atom. The van der Waals surface area contributed by atoms with E-state index in [1.54, 1.807) is 47.1 Å². The van der Waals surface area contributed by atoms with Gasteiger partial charge in [-0.05, 0) is 73.5 Å². The Kier molecular flexibility index (Phi) is 6.01. The smallest absolute Gasteiger partial charge is 0.295 e. The molecule has 0 fully saturated rings. The van der Waals surface area contributed by atoms with Crippen LogP contribution in [-0.4, -0.2) is 20.7 Å². The number of benzene rings is 3. The predicted molar refractivity (Wildman–Crippen MR) is 126 cm³/mol. The lowest BCUT2D eigenvalue weighted by Crippen LogP contribution is -2.15. The summed E-state index contributed by atoms with van der Waals surface area (Å²) in [5.74, 6) is 0.0673. The Balaban J connectivity index is 1.81. The molecule has 0 radical (unpaired) electrons. The number of halogens is 3. The summed E-state index contributed by atoms with van der Waals surface area (Å²) in [4.78, 5) is 17.5. The molecule has 0 saturated carbocycles. The quantitative estimate of drug-likeness (QED) is 0.357. The molecule has 5 nitrogen and oxygen atoms in total. The van der Waals surface area contributed by atoms with Crippen molar-refractivity contribution in [1.82, 2.24) is 14.8 Å². The van der Waals surface area contributed by atoms with Crippen LogP contribution in [0.4, 0.5) is 5.69 Å². The van der Waals surface area contributed by atoms with E-state index >= 15 is 0 Å². The second-order valence-corrected chi connectivity index (χ2v) is 8.26. The van der Waals surface area contributed by atoms with Crippen LogP contribution in [0.3, 0.4) is 0 Å². The molecule has 1 N–H and O–H groups in total. The molecule has 1 aromatic heterocycles. The van der Waals surface area contributed by atoms with Crippen LogP contribution in [0.2, 0.25) is 15.1 Å². The number of carbonyl (C=O) groups is 1. The van der Waals surface area contributed by atoms with Gasteiger partial charge in [-0.2, -0.15) is 0 Å². The van der Waals surface area contributed by atoms with E-state index in [9.17, 15) is 4.79 Å². The summed E-state index contributed by atoms with van der Waals surface area (Å²) in [6.45, 7) is 3.77. The summed E-state index contributed by atoms with van der Waals surface area (Å²) in [6.07, 6.45) is 0. The van der Waals surface area contributed by atoms with E-state index in [4.69, 9.17) is 34.8 Å². The Bertz CT molecular complexity index is 1280. The molecule has 31 heavy (non-hydrogen) atoms. The highest BCUT2D eigenvalue weighted by atomic mass is 35.5. The fraction of sp³-hybridized carbons (Fsp3) is 0.0870. The number of nitrogens with zero attached hydrogens (tertiary/aromatic N) is 3. The molecule has 4 aromatic rings. The summed E-state index contributed by atoms with van der Waals surface area (Å²) in [7, 11) is 0. The molecule has 3 aromatic carbocycles. The number of aryl methyl sites for hydroxylation is 1. The average Bonchev–Trinajstić information content (AvgIpc) is 3.19. The third-order valence-corrected chi connectivity index (χ3v) is 5.72. The summed E-state index contributed by atoms with van der Waals surface area (Å²) in [5, 5.41) is 9.05. The maximum atomic E-state index is 13.0. The molecular weight excluding hydrogens is 455 g/mol. The van der Waals surface area contributed by atoms with Crippen molar-refractivity contribution in [3.63, 3.8) is 0 Å². The van der Waals surface area contributed by atoms with E-state index in [1.807, 2.05) is 32.0 Å². The minimum atomic E-state index is -0.445. The van der Waals surface area contributed by atoms with Crippen LogP contribution in [0, 0.1) is 13.8 Å². The summed E-state index contributed by atoms with van der Waals surface area (Å²) < 4.78 is 1.62. The topological polar surface area (TPSA) is 59.8 Å². The number of aromatic nitrogens is 3. The Hall–Kier alpha value is -2.86. The standard InChI is InChI=1S/C23H17Cl3N4O/c1-13-6-9-17(25)12-20(13)30-22(15-7-10-16(24)11-8-15)28-21(29-30)23(31)27-19-5-3-4-18(26)14(19)2/h3-12H,1-2H3,(H,27,31). The lowest BCUT2D eigenvalue weighted by Gasteiger charge is -2.09. The molecule has 156 valence electrons. The van der Waals surface area contributed by atoms with Crippen LogP contribution < -0.4 is 5.32 Å². The number of hydrogen-bond acceptors (Lipinski definition) is 3. The lowest BCUT2D eigenvalue weighted by molar-refractivity contribution is 0.101. The van der Waals surface area contributed by atoms with Gasteiger partial charge in [-0.3, -0.25) is 4.79 Å². The maximum Gasteiger partial charge on any atom is 0.295 e. The highest BCUT2D eigenvalue weighted by Gasteiger charge is 2.21. The third kappa shape index (κ3) is 4.44. The SMILES string of the molecule is Cc1ccc(Cl)cc1-n1nc(C(=O)Nc2cccc(Cl)c2C)nc1-c1ccc(Cl)cc1. The van der Waals surface area contributed by atoms with Gasteiger partial charge in [0.05, 0.1) is 5.69 Å². The third-order valence-electron chi connectivity index (χ3n) is 4.83. The molecule has 0 bridgehead atoms. The van der Waals surface area contributed by atoms with Gasteiger partial charge in [-0.15, -0.1) is 5.10 Å². The van der Waals surface area contributed by atoms with E-state index in [1.165, 1.54) is 0 Å². The van der Waals surface area contributed by atoms with Gasteiger partial charge in [0, 0.05) is 26.3 Å². The Morgan fingerprint density at radius 3 is 2.39 bits per heavy atom.